The fourth-order valence-electron chi connectivity index (χ4n) is 2.49. The first-order chi connectivity index (χ1) is 11.4. The lowest BCUT2D eigenvalue weighted by molar-refractivity contribution is -0.142. The van der Waals surface area contributed by atoms with Gasteiger partial charge in [0.1, 0.15) is 6.04 Å². The Kier molecular flexibility index (Phi) is 6.23. The van der Waals surface area contributed by atoms with Gasteiger partial charge in [0.15, 0.2) is 0 Å². The average molecular weight is 366 g/mol. The minimum atomic E-state index is -1.06. The van der Waals surface area contributed by atoms with Crippen LogP contribution in [-0.2, 0) is 11.2 Å². The minimum Gasteiger partial charge on any atom is -0.480 e. The van der Waals surface area contributed by atoms with E-state index >= 15 is 0 Å². The van der Waals surface area contributed by atoms with Crippen molar-refractivity contribution in [2.24, 2.45) is 0 Å². The summed E-state index contributed by atoms with van der Waals surface area (Å²) in [6.07, 6.45) is 0.223. The lowest BCUT2D eigenvalue weighted by Crippen LogP contribution is -2.46. The number of nitrogens with zero attached hydrogens (tertiary/aromatic N) is 1. The molecule has 0 heterocycles. The largest absolute Gasteiger partial charge is 0.480 e. The van der Waals surface area contributed by atoms with Gasteiger partial charge in [-0.1, -0.05) is 53.5 Å². The Morgan fingerprint density at radius 3 is 2.33 bits per heavy atom. The summed E-state index contributed by atoms with van der Waals surface area (Å²) in [5.41, 5.74) is 1.08. The fraction of sp³-hybridized carbons (Fsp3) is 0.222. The Morgan fingerprint density at radius 2 is 1.79 bits per heavy atom. The Morgan fingerprint density at radius 1 is 1.12 bits per heavy atom. The van der Waals surface area contributed by atoms with Gasteiger partial charge in [0.05, 0.1) is 10.6 Å². The molecule has 1 N–H and O–H groups in total. The lowest BCUT2D eigenvalue weighted by atomic mass is 10.0. The molecule has 4 nitrogen and oxygen atoms in total. The molecule has 126 valence electrons. The first-order valence-corrected chi connectivity index (χ1v) is 8.22. The van der Waals surface area contributed by atoms with Crippen molar-refractivity contribution in [2.75, 3.05) is 6.54 Å². The van der Waals surface area contributed by atoms with Crippen molar-refractivity contribution in [3.05, 3.63) is 69.7 Å². The average Bonchev–Trinajstić information content (AvgIpc) is 2.55. The van der Waals surface area contributed by atoms with Crippen LogP contribution in [0.2, 0.25) is 10.0 Å². The summed E-state index contributed by atoms with van der Waals surface area (Å²) in [6.45, 7) is 1.99. The number of likely N-dealkylation sites (N-methyl/N-ethyl adjacent to an activating group) is 1. The van der Waals surface area contributed by atoms with Crippen molar-refractivity contribution >= 4 is 35.1 Å². The van der Waals surface area contributed by atoms with Crippen LogP contribution in [0.1, 0.15) is 22.8 Å². The Hall–Kier alpha value is -2.04. The summed E-state index contributed by atoms with van der Waals surface area (Å²) in [7, 11) is 0. The Balaban J connectivity index is 2.31. The second kappa shape index (κ2) is 8.18. The maximum atomic E-state index is 12.8. The van der Waals surface area contributed by atoms with Crippen LogP contribution in [0.3, 0.4) is 0 Å². The van der Waals surface area contributed by atoms with Gasteiger partial charge >= 0.3 is 5.97 Å². The first kappa shape index (κ1) is 18.3. The van der Waals surface area contributed by atoms with Gasteiger partial charge in [0.2, 0.25) is 0 Å². The van der Waals surface area contributed by atoms with Gasteiger partial charge in [-0.15, -0.1) is 0 Å². The van der Waals surface area contributed by atoms with Crippen LogP contribution in [-0.4, -0.2) is 34.5 Å². The zero-order valence-electron chi connectivity index (χ0n) is 13.1. The SMILES string of the molecule is CCN(C(=O)c1ccc(Cl)cc1Cl)C(Cc1ccccc1)C(=O)O. The van der Waals surface area contributed by atoms with Crippen molar-refractivity contribution in [2.45, 2.75) is 19.4 Å². The van der Waals surface area contributed by atoms with Crippen molar-refractivity contribution < 1.29 is 14.7 Å². The predicted octanol–water partition coefficient (Wildman–Crippen LogP) is 4.15. The topological polar surface area (TPSA) is 57.6 Å². The molecule has 0 bridgehead atoms. The molecule has 0 radical (unpaired) electrons. The highest BCUT2D eigenvalue weighted by molar-refractivity contribution is 6.36. The standard InChI is InChI=1S/C18H17Cl2NO3/c1-2-21(17(22)14-9-8-13(19)11-15(14)20)16(18(23)24)10-12-6-4-3-5-7-12/h3-9,11,16H,2,10H2,1H3,(H,23,24). The molecule has 1 amide bonds. The van der Waals surface area contributed by atoms with Crippen LogP contribution in [0.15, 0.2) is 48.5 Å². The predicted molar refractivity (Wildman–Crippen MR) is 94.7 cm³/mol. The number of rotatable bonds is 6. The van der Waals surface area contributed by atoms with Gasteiger partial charge in [0.25, 0.3) is 5.91 Å². The van der Waals surface area contributed by atoms with Crippen LogP contribution in [0, 0.1) is 0 Å². The monoisotopic (exact) mass is 365 g/mol. The molecule has 0 aliphatic carbocycles. The number of hydrogen-bond donors (Lipinski definition) is 1. The molecule has 0 aromatic heterocycles. The normalized spacial score (nSPS) is 11.8. The van der Waals surface area contributed by atoms with E-state index in [1.807, 2.05) is 30.3 Å². The molecule has 0 saturated heterocycles. The third-order valence-corrected chi connectivity index (χ3v) is 4.24. The van der Waals surface area contributed by atoms with Gasteiger partial charge in [-0.05, 0) is 30.7 Å². The molecule has 0 aliphatic rings. The molecule has 0 aliphatic heterocycles. The number of aliphatic carboxylic acids is 1. The van der Waals surface area contributed by atoms with Crippen molar-refractivity contribution in [3.63, 3.8) is 0 Å². The van der Waals surface area contributed by atoms with E-state index in [0.29, 0.717) is 5.02 Å². The molecule has 2 aromatic rings. The molecule has 1 unspecified atom stereocenters. The van der Waals surface area contributed by atoms with Gasteiger partial charge in [-0.3, -0.25) is 4.79 Å². The molecule has 2 rings (SSSR count). The van der Waals surface area contributed by atoms with E-state index in [-0.39, 0.29) is 23.6 Å². The minimum absolute atomic E-state index is 0.204. The first-order valence-electron chi connectivity index (χ1n) is 7.46. The third kappa shape index (κ3) is 4.28. The van der Waals surface area contributed by atoms with Crippen molar-refractivity contribution in [1.82, 2.24) is 4.90 Å². The van der Waals surface area contributed by atoms with Crippen LogP contribution in [0.4, 0.5) is 0 Å². The smallest absolute Gasteiger partial charge is 0.326 e. The second-order valence-electron chi connectivity index (χ2n) is 5.26. The second-order valence-corrected chi connectivity index (χ2v) is 6.10. The zero-order valence-corrected chi connectivity index (χ0v) is 14.6. The molecule has 24 heavy (non-hydrogen) atoms. The lowest BCUT2D eigenvalue weighted by Gasteiger charge is -2.28. The van der Waals surface area contributed by atoms with E-state index in [4.69, 9.17) is 23.2 Å². The van der Waals surface area contributed by atoms with E-state index < -0.39 is 17.9 Å². The summed E-state index contributed by atoms with van der Waals surface area (Å²) >= 11 is 11.9. The van der Waals surface area contributed by atoms with Crippen LogP contribution < -0.4 is 0 Å². The van der Waals surface area contributed by atoms with Gasteiger partial charge in [-0.25, -0.2) is 4.79 Å². The number of carboxylic acid groups (broad SMARTS) is 1. The molecular formula is C18H17Cl2NO3. The van der Waals surface area contributed by atoms with E-state index in [0.717, 1.165) is 5.56 Å². The van der Waals surface area contributed by atoms with Crippen molar-refractivity contribution in [1.29, 1.82) is 0 Å². The molecule has 2 aromatic carbocycles. The fourth-order valence-corrected chi connectivity index (χ4v) is 2.98. The summed E-state index contributed by atoms with van der Waals surface area (Å²) in [6, 6.07) is 12.8. The molecule has 0 fully saturated rings. The highest BCUT2D eigenvalue weighted by atomic mass is 35.5. The van der Waals surface area contributed by atoms with Crippen LogP contribution in [0.5, 0.6) is 0 Å². The number of halogens is 2. The molecule has 0 saturated carbocycles. The van der Waals surface area contributed by atoms with E-state index in [1.165, 1.54) is 17.0 Å². The maximum Gasteiger partial charge on any atom is 0.326 e. The summed E-state index contributed by atoms with van der Waals surface area (Å²) in [5, 5.41) is 10.2. The number of benzene rings is 2. The van der Waals surface area contributed by atoms with Gasteiger partial charge < -0.3 is 10.0 Å². The van der Waals surface area contributed by atoms with Gasteiger partial charge in [0, 0.05) is 18.0 Å². The van der Waals surface area contributed by atoms with Crippen molar-refractivity contribution in [3.8, 4) is 0 Å². The molecule has 1 atom stereocenters. The van der Waals surface area contributed by atoms with E-state index in [2.05, 4.69) is 0 Å². The number of hydrogen-bond acceptors (Lipinski definition) is 2. The Labute approximate surface area is 150 Å². The summed E-state index contributed by atoms with van der Waals surface area (Å²) < 4.78 is 0. The highest BCUT2D eigenvalue weighted by Gasteiger charge is 2.30. The molecule has 6 heteroatoms. The number of amides is 1. The zero-order chi connectivity index (χ0) is 17.7. The molecule has 0 spiro atoms. The summed E-state index contributed by atoms with van der Waals surface area (Å²) in [5.74, 6) is -1.48. The van der Waals surface area contributed by atoms with Gasteiger partial charge in [-0.2, -0.15) is 0 Å². The Bertz CT molecular complexity index is 734. The number of carboxylic acids is 1. The highest BCUT2D eigenvalue weighted by Crippen LogP contribution is 2.23. The van der Waals surface area contributed by atoms with E-state index in [1.54, 1.807) is 13.0 Å². The van der Waals surface area contributed by atoms with Crippen LogP contribution in [0.25, 0.3) is 0 Å². The third-order valence-electron chi connectivity index (χ3n) is 3.70. The maximum absolute atomic E-state index is 12.8. The quantitative estimate of drug-likeness (QED) is 0.836. The molecular weight excluding hydrogens is 349 g/mol. The van der Waals surface area contributed by atoms with E-state index in [9.17, 15) is 14.7 Å². The van der Waals surface area contributed by atoms with Crippen LogP contribution >= 0.6 is 23.2 Å². The number of carbonyl (C=O) groups excluding carboxylic acids is 1. The summed E-state index contributed by atoms with van der Waals surface area (Å²) in [4.78, 5) is 25.8. The number of carbonyl (C=O) groups is 2.